The van der Waals surface area contributed by atoms with Crippen molar-refractivity contribution < 1.29 is 14.3 Å². The van der Waals surface area contributed by atoms with Gasteiger partial charge in [0.15, 0.2) is 5.69 Å². The number of fused-ring (bicyclic) bond motifs is 1. The molecule has 2 aliphatic rings. The van der Waals surface area contributed by atoms with Gasteiger partial charge >= 0.3 is 0 Å². The highest BCUT2D eigenvalue weighted by molar-refractivity contribution is 5.95. The molecule has 0 spiro atoms. The monoisotopic (exact) mass is 398 g/mol. The molecule has 2 aliphatic heterocycles. The van der Waals surface area contributed by atoms with E-state index < -0.39 is 0 Å². The van der Waals surface area contributed by atoms with Crippen LogP contribution in [0.25, 0.3) is 0 Å². The summed E-state index contributed by atoms with van der Waals surface area (Å²) in [5.41, 5.74) is 3.22. The molecule has 154 valence electrons. The zero-order valence-electron chi connectivity index (χ0n) is 16.5. The molecule has 0 aliphatic carbocycles. The Morgan fingerprint density at radius 2 is 2.00 bits per heavy atom. The first-order valence-electron chi connectivity index (χ1n) is 9.87. The minimum atomic E-state index is -0.0956. The molecule has 2 aromatic rings. The smallest absolute Gasteiger partial charge is 0.274 e. The Morgan fingerprint density at radius 1 is 1.21 bits per heavy atom. The van der Waals surface area contributed by atoms with Crippen molar-refractivity contribution in [2.24, 2.45) is 0 Å². The second-order valence-corrected chi connectivity index (χ2v) is 7.27. The molecule has 1 fully saturated rings. The summed E-state index contributed by atoms with van der Waals surface area (Å²) < 4.78 is 5.27. The second kappa shape index (κ2) is 8.62. The van der Waals surface area contributed by atoms with Gasteiger partial charge in [0.05, 0.1) is 19.3 Å². The van der Waals surface area contributed by atoms with Crippen molar-refractivity contribution in [3.05, 3.63) is 41.2 Å². The van der Waals surface area contributed by atoms with Gasteiger partial charge in [0.25, 0.3) is 5.91 Å². The standard InChI is InChI=1S/C20H26N6O3/c1-29-17-5-3-2-4-16(17)22-18(27)13-25-8-10-26(11-9-25)20(28)19-14-12-21-7-6-15(14)23-24-19/h2-5,21H,6-13H2,1H3,(H,22,27)(H,23,24). The maximum absolute atomic E-state index is 12.9. The van der Waals surface area contributed by atoms with E-state index in [1.165, 1.54) is 0 Å². The van der Waals surface area contributed by atoms with E-state index in [4.69, 9.17) is 4.74 Å². The molecule has 1 aromatic heterocycles. The number of carbonyl (C=O) groups is 2. The van der Waals surface area contributed by atoms with Crippen molar-refractivity contribution in [3.63, 3.8) is 0 Å². The lowest BCUT2D eigenvalue weighted by molar-refractivity contribution is -0.117. The molecule has 3 heterocycles. The summed E-state index contributed by atoms with van der Waals surface area (Å²) in [5.74, 6) is 0.499. The van der Waals surface area contributed by atoms with E-state index >= 15 is 0 Å². The van der Waals surface area contributed by atoms with Crippen LogP contribution in [0.15, 0.2) is 24.3 Å². The van der Waals surface area contributed by atoms with E-state index in [0.717, 1.165) is 24.2 Å². The maximum atomic E-state index is 12.9. The van der Waals surface area contributed by atoms with Crippen LogP contribution in [0.4, 0.5) is 5.69 Å². The number of rotatable bonds is 5. The van der Waals surface area contributed by atoms with E-state index in [-0.39, 0.29) is 18.4 Å². The van der Waals surface area contributed by atoms with Crippen LogP contribution >= 0.6 is 0 Å². The van der Waals surface area contributed by atoms with Crippen LogP contribution < -0.4 is 15.4 Å². The number of hydrogen-bond donors (Lipinski definition) is 3. The number of benzene rings is 1. The summed E-state index contributed by atoms with van der Waals surface area (Å²) in [6.45, 7) is 4.31. The number of nitrogens with zero attached hydrogens (tertiary/aromatic N) is 3. The van der Waals surface area contributed by atoms with Crippen LogP contribution in [0.3, 0.4) is 0 Å². The van der Waals surface area contributed by atoms with Crippen molar-refractivity contribution in [1.29, 1.82) is 0 Å². The molecular formula is C20H26N6O3. The van der Waals surface area contributed by atoms with Crippen LogP contribution in [0.2, 0.25) is 0 Å². The van der Waals surface area contributed by atoms with Gasteiger partial charge in [0, 0.05) is 56.9 Å². The molecule has 9 heteroatoms. The summed E-state index contributed by atoms with van der Waals surface area (Å²) in [4.78, 5) is 29.1. The first kappa shape index (κ1) is 19.4. The molecule has 0 saturated carbocycles. The molecule has 3 N–H and O–H groups in total. The zero-order valence-corrected chi connectivity index (χ0v) is 16.5. The third-order valence-corrected chi connectivity index (χ3v) is 5.42. The molecule has 4 rings (SSSR count). The molecule has 9 nitrogen and oxygen atoms in total. The highest BCUT2D eigenvalue weighted by Crippen LogP contribution is 2.23. The molecule has 29 heavy (non-hydrogen) atoms. The number of carbonyl (C=O) groups excluding carboxylic acids is 2. The fourth-order valence-electron chi connectivity index (χ4n) is 3.80. The number of H-pyrrole nitrogens is 1. The largest absolute Gasteiger partial charge is 0.495 e. The Kier molecular flexibility index (Phi) is 5.77. The van der Waals surface area contributed by atoms with Crippen molar-refractivity contribution in [2.75, 3.05) is 51.7 Å². The van der Waals surface area contributed by atoms with Gasteiger partial charge < -0.3 is 20.3 Å². The maximum Gasteiger partial charge on any atom is 0.274 e. The van der Waals surface area contributed by atoms with Crippen molar-refractivity contribution >= 4 is 17.5 Å². The highest BCUT2D eigenvalue weighted by Gasteiger charge is 2.28. The first-order chi connectivity index (χ1) is 14.2. The zero-order chi connectivity index (χ0) is 20.2. The number of methoxy groups -OCH3 is 1. The minimum absolute atomic E-state index is 0.0377. The van der Waals surface area contributed by atoms with Crippen LogP contribution in [-0.2, 0) is 17.8 Å². The van der Waals surface area contributed by atoms with Gasteiger partial charge in [-0.05, 0) is 12.1 Å². The van der Waals surface area contributed by atoms with Gasteiger partial charge in [-0.15, -0.1) is 0 Å². The number of para-hydroxylation sites is 2. The lowest BCUT2D eigenvalue weighted by atomic mass is 10.1. The van der Waals surface area contributed by atoms with E-state index in [9.17, 15) is 9.59 Å². The van der Waals surface area contributed by atoms with Gasteiger partial charge in [-0.3, -0.25) is 19.6 Å². The Labute approximate surface area is 169 Å². The molecule has 0 unspecified atom stereocenters. The van der Waals surface area contributed by atoms with Gasteiger partial charge in [-0.2, -0.15) is 5.10 Å². The topological polar surface area (TPSA) is 103 Å². The van der Waals surface area contributed by atoms with E-state index in [1.807, 2.05) is 29.2 Å². The quantitative estimate of drug-likeness (QED) is 0.676. The van der Waals surface area contributed by atoms with Gasteiger partial charge in [0.2, 0.25) is 5.91 Å². The molecule has 1 saturated heterocycles. The van der Waals surface area contributed by atoms with Crippen LogP contribution in [0, 0.1) is 0 Å². The molecule has 1 aromatic carbocycles. The molecule has 0 atom stereocenters. The first-order valence-corrected chi connectivity index (χ1v) is 9.87. The highest BCUT2D eigenvalue weighted by atomic mass is 16.5. The fourth-order valence-corrected chi connectivity index (χ4v) is 3.80. The average molecular weight is 398 g/mol. The Balaban J connectivity index is 1.30. The molecule has 2 amide bonds. The number of aromatic amines is 1. The Morgan fingerprint density at radius 3 is 2.79 bits per heavy atom. The molecular weight excluding hydrogens is 372 g/mol. The second-order valence-electron chi connectivity index (χ2n) is 7.27. The number of piperazine rings is 1. The summed E-state index contributed by atoms with van der Waals surface area (Å²) >= 11 is 0. The predicted molar refractivity (Wildman–Crippen MR) is 108 cm³/mol. The lowest BCUT2D eigenvalue weighted by Gasteiger charge is -2.34. The summed E-state index contributed by atoms with van der Waals surface area (Å²) in [7, 11) is 1.58. The summed E-state index contributed by atoms with van der Waals surface area (Å²) in [6, 6.07) is 7.33. The van der Waals surface area contributed by atoms with Crippen molar-refractivity contribution in [3.8, 4) is 5.75 Å². The van der Waals surface area contributed by atoms with Crippen molar-refractivity contribution in [1.82, 2.24) is 25.3 Å². The number of hydrogen-bond acceptors (Lipinski definition) is 6. The number of anilines is 1. The Hall–Kier alpha value is -2.91. The lowest BCUT2D eigenvalue weighted by Crippen LogP contribution is -2.50. The van der Waals surface area contributed by atoms with E-state index in [2.05, 4.69) is 25.7 Å². The third-order valence-electron chi connectivity index (χ3n) is 5.42. The summed E-state index contributed by atoms with van der Waals surface area (Å²) in [6.07, 6.45) is 0.866. The van der Waals surface area contributed by atoms with Crippen molar-refractivity contribution in [2.45, 2.75) is 13.0 Å². The SMILES string of the molecule is COc1ccccc1NC(=O)CN1CCN(C(=O)c2n[nH]c3c2CNCC3)CC1. The normalized spacial score (nSPS) is 16.9. The van der Waals surface area contributed by atoms with Gasteiger partial charge in [-0.1, -0.05) is 12.1 Å². The number of ether oxygens (including phenoxy) is 1. The Bertz CT molecular complexity index is 888. The number of aromatic nitrogens is 2. The average Bonchev–Trinajstić information content (AvgIpc) is 3.18. The van der Waals surface area contributed by atoms with Crippen LogP contribution in [-0.4, -0.2) is 78.2 Å². The van der Waals surface area contributed by atoms with Crippen LogP contribution in [0.5, 0.6) is 5.75 Å². The minimum Gasteiger partial charge on any atom is -0.495 e. The summed E-state index contributed by atoms with van der Waals surface area (Å²) in [5, 5.41) is 13.4. The molecule has 0 bridgehead atoms. The predicted octanol–water partition coefficient (Wildman–Crippen LogP) is 0.461. The van der Waals surface area contributed by atoms with Gasteiger partial charge in [-0.25, -0.2) is 0 Å². The van der Waals surface area contributed by atoms with E-state index in [0.29, 0.717) is 49.9 Å². The molecule has 0 radical (unpaired) electrons. The van der Waals surface area contributed by atoms with Gasteiger partial charge in [0.1, 0.15) is 5.75 Å². The number of amides is 2. The van der Waals surface area contributed by atoms with Crippen LogP contribution in [0.1, 0.15) is 21.7 Å². The van der Waals surface area contributed by atoms with E-state index in [1.54, 1.807) is 7.11 Å². The third kappa shape index (κ3) is 4.25. The fraction of sp³-hybridized carbons (Fsp3) is 0.450. The number of nitrogens with one attached hydrogen (secondary N) is 3.